The van der Waals surface area contributed by atoms with Crippen molar-refractivity contribution in [1.82, 2.24) is 15.8 Å². The van der Waals surface area contributed by atoms with Crippen molar-refractivity contribution in [3.63, 3.8) is 0 Å². The van der Waals surface area contributed by atoms with Gasteiger partial charge in [-0.2, -0.15) is 0 Å². The van der Waals surface area contributed by atoms with Gasteiger partial charge in [-0.15, -0.1) is 0 Å². The maximum atomic E-state index is 11.5. The maximum Gasteiger partial charge on any atom is 0.290 e. The Morgan fingerprint density at radius 1 is 1.79 bits per heavy atom. The van der Waals surface area contributed by atoms with Gasteiger partial charge in [-0.1, -0.05) is 5.16 Å². The molecule has 1 aliphatic rings. The van der Waals surface area contributed by atoms with Crippen molar-refractivity contribution < 1.29 is 9.32 Å². The Kier molecular flexibility index (Phi) is 2.49. The fourth-order valence-corrected chi connectivity index (χ4v) is 1.32. The summed E-state index contributed by atoms with van der Waals surface area (Å²) in [5.74, 6) is 0.700. The number of nitrogens with one attached hydrogen (secondary N) is 2. The van der Waals surface area contributed by atoms with Gasteiger partial charge in [-0.05, 0) is 6.92 Å². The first-order valence-electron chi connectivity index (χ1n) is 4.67. The standard InChI is InChI=1S/C9H13N3O2/c1-6-2-12-14-8(6)9(13)11-5-7-3-10-4-7/h2,7,10H,3-5H2,1H3,(H,11,13). The summed E-state index contributed by atoms with van der Waals surface area (Å²) < 4.78 is 4.83. The summed E-state index contributed by atoms with van der Waals surface area (Å²) >= 11 is 0. The monoisotopic (exact) mass is 195 g/mol. The summed E-state index contributed by atoms with van der Waals surface area (Å²) in [6.45, 7) is 4.47. The molecule has 14 heavy (non-hydrogen) atoms. The summed E-state index contributed by atoms with van der Waals surface area (Å²) in [6.07, 6.45) is 1.54. The average molecular weight is 195 g/mol. The molecule has 1 fully saturated rings. The molecule has 2 heterocycles. The minimum Gasteiger partial charge on any atom is -0.351 e. The Labute approximate surface area is 81.8 Å². The van der Waals surface area contributed by atoms with Gasteiger partial charge in [0.2, 0.25) is 5.76 Å². The molecule has 2 rings (SSSR count). The van der Waals surface area contributed by atoms with Gasteiger partial charge in [0.25, 0.3) is 5.91 Å². The van der Waals surface area contributed by atoms with E-state index in [0.29, 0.717) is 18.2 Å². The highest BCUT2D eigenvalue weighted by Gasteiger charge is 2.19. The van der Waals surface area contributed by atoms with Gasteiger partial charge in [0.05, 0.1) is 6.20 Å². The lowest BCUT2D eigenvalue weighted by Crippen LogP contribution is -2.48. The summed E-state index contributed by atoms with van der Waals surface area (Å²) in [5, 5.41) is 9.52. The van der Waals surface area contributed by atoms with Crippen LogP contribution in [0.2, 0.25) is 0 Å². The van der Waals surface area contributed by atoms with Crippen LogP contribution in [0.1, 0.15) is 16.1 Å². The van der Waals surface area contributed by atoms with Gasteiger partial charge >= 0.3 is 0 Å². The van der Waals surface area contributed by atoms with Gasteiger partial charge in [-0.3, -0.25) is 4.79 Å². The van der Waals surface area contributed by atoms with Crippen molar-refractivity contribution in [3.8, 4) is 0 Å². The first kappa shape index (κ1) is 9.21. The SMILES string of the molecule is Cc1cnoc1C(=O)NCC1CNC1. The fourth-order valence-electron chi connectivity index (χ4n) is 1.32. The molecule has 0 bridgehead atoms. The van der Waals surface area contributed by atoms with Crippen molar-refractivity contribution in [3.05, 3.63) is 17.5 Å². The second kappa shape index (κ2) is 3.79. The van der Waals surface area contributed by atoms with Crippen LogP contribution >= 0.6 is 0 Å². The Morgan fingerprint density at radius 2 is 2.57 bits per heavy atom. The smallest absolute Gasteiger partial charge is 0.290 e. The molecule has 0 radical (unpaired) electrons. The molecule has 5 heteroatoms. The van der Waals surface area contributed by atoms with E-state index in [4.69, 9.17) is 4.52 Å². The van der Waals surface area contributed by atoms with Crippen LogP contribution in [0.15, 0.2) is 10.7 Å². The van der Waals surface area contributed by atoms with Crippen molar-refractivity contribution >= 4 is 5.91 Å². The van der Waals surface area contributed by atoms with Gasteiger partial charge in [0.15, 0.2) is 0 Å². The molecule has 1 aromatic heterocycles. The number of aryl methyl sites for hydroxylation is 1. The zero-order valence-corrected chi connectivity index (χ0v) is 8.04. The highest BCUT2D eigenvalue weighted by atomic mass is 16.5. The molecule has 76 valence electrons. The molecule has 1 aromatic rings. The Hall–Kier alpha value is -1.36. The Balaban J connectivity index is 1.86. The van der Waals surface area contributed by atoms with Gasteiger partial charge < -0.3 is 15.2 Å². The summed E-state index contributed by atoms with van der Waals surface area (Å²) in [6, 6.07) is 0. The largest absolute Gasteiger partial charge is 0.351 e. The van der Waals surface area contributed by atoms with Crippen molar-refractivity contribution in [2.24, 2.45) is 5.92 Å². The first-order valence-corrected chi connectivity index (χ1v) is 4.67. The number of hydrogen-bond acceptors (Lipinski definition) is 4. The van der Waals surface area contributed by atoms with Crippen molar-refractivity contribution in [2.45, 2.75) is 6.92 Å². The normalized spacial score (nSPS) is 16.4. The predicted molar refractivity (Wildman–Crippen MR) is 49.9 cm³/mol. The van der Waals surface area contributed by atoms with E-state index in [1.54, 1.807) is 13.1 Å². The number of carbonyl (C=O) groups excluding carboxylic acids is 1. The number of carbonyl (C=O) groups is 1. The number of rotatable bonds is 3. The molecule has 0 aliphatic carbocycles. The van der Waals surface area contributed by atoms with Crippen molar-refractivity contribution in [2.75, 3.05) is 19.6 Å². The van der Waals surface area contributed by atoms with Crippen LogP contribution in [0, 0.1) is 12.8 Å². The number of hydrogen-bond donors (Lipinski definition) is 2. The third kappa shape index (κ3) is 1.77. The van der Waals surface area contributed by atoms with E-state index < -0.39 is 0 Å². The second-order valence-electron chi connectivity index (χ2n) is 3.57. The van der Waals surface area contributed by atoms with E-state index in [1.165, 1.54) is 0 Å². The van der Waals surface area contributed by atoms with E-state index >= 15 is 0 Å². The molecule has 0 aromatic carbocycles. The molecule has 1 aliphatic heterocycles. The Bertz CT molecular complexity index is 331. The molecular weight excluding hydrogens is 182 g/mol. The first-order chi connectivity index (χ1) is 6.77. The molecule has 5 nitrogen and oxygen atoms in total. The Morgan fingerprint density at radius 3 is 3.07 bits per heavy atom. The van der Waals surface area contributed by atoms with Gasteiger partial charge in [0.1, 0.15) is 0 Å². The topological polar surface area (TPSA) is 67.2 Å². The zero-order valence-electron chi connectivity index (χ0n) is 8.04. The van der Waals surface area contributed by atoms with E-state index in [9.17, 15) is 4.79 Å². The summed E-state index contributed by atoms with van der Waals surface area (Å²) in [5.41, 5.74) is 0.772. The minimum absolute atomic E-state index is 0.174. The third-order valence-corrected chi connectivity index (χ3v) is 2.37. The molecule has 0 spiro atoms. The lowest BCUT2D eigenvalue weighted by molar-refractivity contribution is 0.0904. The highest BCUT2D eigenvalue weighted by molar-refractivity contribution is 5.92. The highest BCUT2D eigenvalue weighted by Crippen LogP contribution is 2.06. The number of aromatic nitrogens is 1. The second-order valence-corrected chi connectivity index (χ2v) is 3.57. The summed E-state index contributed by atoms with van der Waals surface area (Å²) in [7, 11) is 0. The molecule has 0 atom stereocenters. The molecular formula is C9H13N3O2. The fraction of sp³-hybridized carbons (Fsp3) is 0.556. The van der Waals surface area contributed by atoms with Crippen LogP contribution in [-0.2, 0) is 0 Å². The van der Waals surface area contributed by atoms with Gasteiger partial charge in [0, 0.05) is 31.1 Å². The van der Waals surface area contributed by atoms with Crippen LogP contribution < -0.4 is 10.6 Å². The molecule has 1 saturated heterocycles. The van der Waals surface area contributed by atoms with Gasteiger partial charge in [-0.25, -0.2) is 0 Å². The molecule has 2 N–H and O–H groups in total. The minimum atomic E-state index is -0.174. The average Bonchev–Trinajstić information content (AvgIpc) is 2.48. The van der Waals surface area contributed by atoms with E-state index in [0.717, 1.165) is 18.7 Å². The molecule has 0 saturated carbocycles. The van der Waals surface area contributed by atoms with Crippen LogP contribution in [0.3, 0.4) is 0 Å². The molecule has 0 unspecified atom stereocenters. The lowest BCUT2D eigenvalue weighted by atomic mass is 10.0. The van der Waals surface area contributed by atoms with Crippen LogP contribution in [0.4, 0.5) is 0 Å². The maximum absolute atomic E-state index is 11.5. The van der Waals surface area contributed by atoms with E-state index in [-0.39, 0.29) is 5.91 Å². The quantitative estimate of drug-likeness (QED) is 0.708. The number of nitrogens with zero attached hydrogens (tertiary/aromatic N) is 1. The van der Waals surface area contributed by atoms with Crippen LogP contribution in [0.25, 0.3) is 0 Å². The van der Waals surface area contributed by atoms with Crippen LogP contribution in [-0.4, -0.2) is 30.7 Å². The third-order valence-electron chi connectivity index (χ3n) is 2.37. The van der Waals surface area contributed by atoms with E-state index in [1.807, 2.05) is 0 Å². The number of amides is 1. The van der Waals surface area contributed by atoms with Crippen LogP contribution in [0.5, 0.6) is 0 Å². The van der Waals surface area contributed by atoms with Crippen molar-refractivity contribution in [1.29, 1.82) is 0 Å². The predicted octanol–water partition coefficient (Wildman–Crippen LogP) is -0.0678. The molecule has 1 amide bonds. The zero-order chi connectivity index (χ0) is 9.97. The summed E-state index contributed by atoms with van der Waals surface area (Å²) in [4.78, 5) is 11.5. The lowest BCUT2D eigenvalue weighted by Gasteiger charge is -2.26. The van der Waals surface area contributed by atoms with E-state index in [2.05, 4.69) is 15.8 Å².